The van der Waals surface area contributed by atoms with Crippen LogP contribution in [0.3, 0.4) is 0 Å². The predicted octanol–water partition coefficient (Wildman–Crippen LogP) is 2.12. The highest BCUT2D eigenvalue weighted by Crippen LogP contribution is 2.19. The fourth-order valence-electron chi connectivity index (χ4n) is 2.43. The molecule has 0 radical (unpaired) electrons. The lowest BCUT2D eigenvalue weighted by molar-refractivity contribution is 0.0378. The molecule has 2 N–H and O–H groups in total. The Kier molecular flexibility index (Phi) is 5.64. The molecule has 1 saturated heterocycles. The molecule has 0 atom stereocenters. The summed E-state index contributed by atoms with van der Waals surface area (Å²) in [5.41, 5.74) is 1.08. The van der Waals surface area contributed by atoms with Crippen LogP contribution in [0.15, 0.2) is 24.3 Å². The van der Waals surface area contributed by atoms with Crippen LogP contribution in [0.4, 0.5) is 5.82 Å². The summed E-state index contributed by atoms with van der Waals surface area (Å²) in [4.78, 5) is 2.45. The Morgan fingerprint density at radius 1 is 1.25 bits per heavy atom. The van der Waals surface area contributed by atoms with Gasteiger partial charge in [0.05, 0.1) is 18.7 Å². The molecule has 110 valence electrons. The van der Waals surface area contributed by atoms with Crippen LogP contribution in [0.5, 0.6) is 0 Å². The summed E-state index contributed by atoms with van der Waals surface area (Å²) in [6.45, 7) is 5.94. The molecule has 1 aliphatic rings. The van der Waals surface area contributed by atoms with Crippen LogP contribution in [0.2, 0.25) is 0 Å². The minimum Gasteiger partial charge on any atom is -0.379 e. The topological polar surface area (TPSA) is 53.2 Å². The number of hydrogen-bond donors (Lipinski definition) is 2. The summed E-state index contributed by atoms with van der Waals surface area (Å²) in [5, 5.41) is 11.9. The maximum Gasteiger partial charge on any atom is 0.155 e. The molecule has 1 aromatic heterocycles. The average molecular weight is 297 g/mol. The molecule has 2 heterocycles. The van der Waals surface area contributed by atoms with Gasteiger partial charge in [0.2, 0.25) is 0 Å². The molecule has 0 saturated carbocycles. The number of ether oxygens (including phenoxy) is 1. The summed E-state index contributed by atoms with van der Waals surface area (Å²) in [5.74, 6) is 0.956. The Hall–Kier alpha value is -1.30. The van der Waals surface area contributed by atoms with Gasteiger partial charge in [-0.2, -0.15) is 5.10 Å². The molecule has 5 nitrogen and oxygen atoms in total. The molecule has 0 unspecified atom stereocenters. The predicted molar refractivity (Wildman–Crippen MR) is 83.7 cm³/mol. The van der Waals surface area contributed by atoms with Gasteiger partial charge in [0.25, 0.3) is 0 Å². The first kappa shape index (κ1) is 15.1. The molecule has 0 aliphatic carbocycles. The third kappa shape index (κ3) is 3.62. The maximum atomic E-state index is 5.34. The van der Waals surface area contributed by atoms with Crippen LogP contribution in [0.1, 0.15) is 6.42 Å². The Labute approximate surface area is 125 Å². The Morgan fingerprint density at radius 3 is 2.90 bits per heavy atom. The summed E-state index contributed by atoms with van der Waals surface area (Å²) >= 11 is 0. The minimum absolute atomic E-state index is 0. The molecule has 1 aliphatic heterocycles. The standard InChI is InChI=1S/C14H20N4O.ClH/c1-2-5-13-12(4-1)14(17-16-13)15-6-3-7-18-8-10-19-11-9-18;/h1-2,4-5H,3,6-11H2,(H2,15,16,17);1H. The van der Waals surface area contributed by atoms with E-state index in [-0.39, 0.29) is 12.4 Å². The van der Waals surface area contributed by atoms with E-state index in [1.165, 1.54) is 0 Å². The van der Waals surface area contributed by atoms with Gasteiger partial charge in [0.15, 0.2) is 5.82 Å². The number of H-pyrrole nitrogens is 1. The van der Waals surface area contributed by atoms with Gasteiger partial charge in [0.1, 0.15) is 0 Å². The number of morpholine rings is 1. The summed E-state index contributed by atoms with van der Waals surface area (Å²) in [6.07, 6.45) is 1.13. The fraction of sp³-hybridized carbons (Fsp3) is 0.500. The second-order valence-corrected chi connectivity index (χ2v) is 4.85. The van der Waals surface area contributed by atoms with E-state index in [1.807, 2.05) is 18.2 Å². The number of benzene rings is 1. The van der Waals surface area contributed by atoms with Gasteiger partial charge in [-0.05, 0) is 25.1 Å². The number of aromatic amines is 1. The third-order valence-corrected chi connectivity index (χ3v) is 3.52. The first-order valence-corrected chi connectivity index (χ1v) is 6.90. The van der Waals surface area contributed by atoms with Crippen molar-refractivity contribution in [3.8, 4) is 0 Å². The van der Waals surface area contributed by atoms with Crippen LogP contribution >= 0.6 is 12.4 Å². The number of hydrogen-bond acceptors (Lipinski definition) is 4. The van der Waals surface area contributed by atoms with Crippen molar-refractivity contribution >= 4 is 29.1 Å². The molecule has 1 fully saturated rings. The molecule has 1 aromatic carbocycles. The number of nitrogens with zero attached hydrogens (tertiary/aromatic N) is 2. The van der Waals surface area contributed by atoms with E-state index < -0.39 is 0 Å². The van der Waals surface area contributed by atoms with Gasteiger partial charge >= 0.3 is 0 Å². The monoisotopic (exact) mass is 296 g/mol. The Balaban J connectivity index is 0.00000147. The highest BCUT2D eigenvalue weighted by molar-refractivity contribution is 5.89. The lowest BCUT2D eigenvalue weighted by Gasteiger charge is -2.26. The molecule has 0 amide bonds. The third-order valence-electron chi connectivity index (χ3n) is 3.52. The largest absolute Gasteiger partial charge is 0.379 e. The molecule has 2 aromatic rings. The quantitative estimate of drug-likeness (QED) is 0.830. The Morgan fingerprint density at radius 2 is 2.05 bits per heavy atom. The highest BCUT2D eigenvalue weighted by atomic mass is 35.5. The number of aromatic nitrogens is 2. The van der Waals surface area contributed by atoms with Crippen molar-refractivity contribution in [3.63, 3.8) is 0 Å². The maximum absolute atomic E-state index is 5.34. The van der Waals surface area contributed by atoms with Crippen molar-refractivity contribution < 1.29 is 4.74 Å². The molecule has 0 bridgehead atoms. The number of rotatable bonds is 5. The fourth-order valence-corrected chi connectivity index (χ4v) is 2.43. The van der Waals surface area contributed by atoms with Crippen molar-refractivity contribution in [1.29, 1.82) is 0 Å². The number of nitrogens with one attached hydrogen (secondary N) is 2. The normalized spacial score (nSPS) is 16.0. The smallest absolute Gasteiger partial charge is 0.155 e. The summed E-state index contributed by atoms with van der Waals surface area (Å²) in [6, 6.07) is 8.18. The zero-order valence-electron chi connectivity index (χ0n) is 11.5. The molecule has 20 heavy (non-hydrogen) atoms. The number of halogens is 1. The highest BCUT2D eigenvalue weighted by Gasteiger charge is 2.09. The first-order chi connectivity index (χ1) is 9.43. The second kappa shape index (κ2) is 7.47. The van der Waals surface area contributed by atoms with Crippen LogP contribution in [0, 0.1) is 0 Å². The van der Waals surface area contributed by atoms with Crippen LogP contribution in [-0.2, 0) is 4.74 Å². The van der Waals surface area contributed by atoms with E-state index in [9.17, 15) is 0 Å². The van der Waals surface area contributed by atoms with E-state index >= 15 is 0 Å². The van der Waals surface area contributed by atoms with Crippen LogP contribution < -0.4 is 5.32 Å². The van der Waals surface area contributed by atoms with Crippen molar-refractivity contribution in [2.75, 3.05) is 44.7 Å². The molecule has 0 spiro atoms. The van der Waals surface area contributed by atoms with E-state index in [0.717, 1.165) is 62.5 Å². The molecular formula is C14H21ClN4O. The zero-order chi connectivity index (χ0) is 12.9. The van der Waals surface area contributed by atoms with Crippen molar-refractivity contribution in [2.45, 2.75) is 6.42 Å². The molecule has 3 rings (SSSR count). The minimum atomic E-state index is 0. The summed E-state index contributed by atoms with van der Waals surface area (Å²) < 4.78 is 5.34. The molecule has 6 heteroatoms. The average Bonchev–Trinajstić information content (AvgIpc) is 2.88. The van der Waals surface area contributed by atoms with Crippen molar-refractivity contribution in [1.82, 2.24) is 15.1 Å². The second-order valence-electron chi connectivity index (χ2n) is 4.85. The van der Waals surface area contributed by atoms with Gasteiger partial charge in [-0.15, -0.1) is 12.4 Å². The van der Waals surface area contributed by atoms with Gasteiger partial charge < -0.3 is 10.1 Å². The number of anilines is 1. The van der Waals surface area contributed by atoms with E-state index in [4.69, 9.17) is 4.74 Å². The molecular weight excluding hydrogens is 276 g/mol. The van der Waals surface area contributed by atoms with E-state index in [1.54, 1.807) is 0 Å². The summed E-state index contributed by atoms with van der Waals surface area (Å²) in [7, 11) is 0. The van der Waals surface area contributed by atoms with Gasteiger partial charge in [0, 0.05) is 25.0 Å². The lowest BCUT2D eigenvalue weighted by atomic mass is 10.2. The van der Waals surface area contributed by atoms with Gasteiger partial charge in [-0.3, -0.25) is 10.00 Å². The van der Waals surface area contributed by atoms with Gasteiger partial charge in [-0.1, -0.05) is 12.1 Å². The van der Waals surface area contributed by atoms with Gasteiger partial charge in [-0.25, -0.2) is 0 Å². The van der Waals surface area contributed by atoms with E-state index in [0.29, 0.717) is 0 Å². The lowest BCUT2D eigenvalue weighted by Crippen LogP contribution is -2.37. The first-order valence-electron chi connectivity index (χ1n) is 6.90. The Bertz CT molecular complexity index is 525. The number of fused-ring (bicyclic) bond motifs is 1. The SMILES string of the molecule is Cl.c1ccc2c(NCCCN3CCOCC3)n[nH]c2c1. The van der Waals surface area contributed by atoms with Crippen molar-refractivity contribution in [3.05, 3.63) is 24.3 Å². The van der Waals surface area contributed by atoms with Crippen LogP contribution in [-0.4, -0.2) is 54.5 Å². The zero-order valence-corrected chi connectivity index (χ0v) is 12.3. The van der Waals surface area contributed by atoms with Crippen molar-refractivity contribution in [2.24, 2.45) is 0 Å². The van der Waals surface area contributed by atoms with E-state index in [2.05, 4.69) is 26.5 Å². The number of para-hydroxylation sites is 1. The van der Waals surface area contributed by atoms with Crippen LogP contribution in [0.25, 0.3) is 10.9 Å².